The van der Waals surface area contributed by atoms with E-state index in [2.05, 4.69) is 29.1 Å². The summed E-state index contributed by atoms with van der Waals surface area (Å²) in [6.45, 7) is 7.08. The van der Waals surface area contributed by atoms with E-state index in [4.69, 9.17) is 0 Å². The molecular formula is C14H20N4OS2. The van der Waals surface area contributed by atoms with Crippen LogP contribution >= 0.6 is 22.7 Å². The summed E-state index contributed by atoms with van der Waals surface area (Å²) in [6, 6.07) is 0. The van der Waals surface area contributed by atoms with Crippen molar-refractivity contribution >= 4 is 38.8 Å². The summed E-state index contributed by atoms with van der Waals surface area (Å²) in [5.74, 6) is 0.351. The first kappa shape index (κ1) is 15.9. The molecule has 0 aliphatic carbocycles. The topological polar surface area (TPSA) is 58.1 Å². The van der Waals surface area contributed by atoms with Gasteiger partial charge in [-0.25, -0.2) is 9.97 Å². The van der Waals surface area contributed by atoms with Gasteiger partial charge in [-0.05, 0) is 19.3 Å². The summed E-state index contributed by atoms with van der Waals surface area (Å²) in [5.41, 5.74) is 1.05. The van der Waals surface area contributed by atoms with Crippen molar-refractivity contribution in [3.8, 4) is 0 Å². The van der Waals surface area contributed by atoms with Gasteiger partial charge in [0.15, 0.2) is 10.3 Å². The molecule has 0 spiro atoms. The molecule has 2 aromatic rings. The summed E-state index contributed by atoms with van der Waals surface area (Å²) in [4.78, 5) is 23.4. The third kappa shape index (κ3) is 3.59. The minimum Gasteiger partial charge on any atom is -0.362 e. The van der Waals surface area contributed by atoms with Crippen LogP contribution in [0, 0.1) is 0 Å². The molecule has 0 radical (unpaired) electrons. The number of hydrogen-bond donors (Lipinski definition) is 1. The summed E-state index contributed by atoms with van der Waals surface area (Å²) < 4.78 is 0. The van der Waals surface area contributed by atoms with Gasteiger partial charge >= 0.3 is 0 Å². The Labute approximate surface area is 133 Å². The molecule has 5 nitrogen and oxygen atoms in total. The Hall–Kier alpha value is -1.47. The van der Waals surface area contributed by atoms with Crippen LogP contribution in [0.3, 0.4) is 0 Å². The average Bonchev–Trinajstić information content (AvgIpc) is 3.14. The number of carbonyl (C=O) groups excluding carboxylic acids is 1. The minimum atomic E-state index is -0.0679. The summed E-state index contributed by atoms with van der Waals surface area (Å²) >= 11 is 2.87. The Morgan fingerprint density at radius 3 is 2.90 bits per heavy atom. The van der Waals surface area contributed by atoms with Crippen LogP contribution in [0.25, 0.3) is 0 Å². The van der Waals surface area contributed by atoms with E-state index in [1.165, 1.54) is 22.7 Å². The molecule has 0 aliphatic rings. The van der Waals surface area contributed by atoms with Gasteiger partial charge in [0.25, 0.3) is 5.91 Å². The molecule has 0 saturated heterocycles. The lowest BCUT2D eigenvalue weighted by Crippen LogP contribution is -2.25. The first-order chi connectivity index (χ1) is 10.1. The number of nitrogens with one attached hydrogen (secondary N) is 1. The normalized spacial score (nSPS) is 12.2. The van der Waals surface area contributed by atoms with Crippen molar-refractivity contribution in [1.82, 2.24) is 9.97 Å². The first-order valence-electron chi connectivity index (χ1n) is 7.00. The second-order valence-corrected chi connectivity index (χ2v) is 6.66. The first-order valence-corrected chi connectivity index (χ1v) is 8.69. The molecule has 0 fully saturated rings. The molecule has 2 rings (SSSR count). The largest absolute Gasteiger partial charge is 0.362 e. The molecule has 1 N–H and O–H groups in total. The number of thiazole rings is 2. The molecule has 2 aromatic heterocycles. The molecule has 21 heavy (non-hydrogen) atoms. The Morgan fingerprint density at radius 2 is 2.24 bits per heavy atom. The molecule has 7 heteroatoms. The van der Waals surface area contributed by atoms with E-state index in [1.54, 1.807) is 18.1 Å². The molecule has 0 saturated carbocycles. The fraction of sp³-hybridized carbons (Fsp3) is 0.500. The number of amides is 1. The van der Waals surface area contributed by atoms with Crippen molar-refractivity contribution in [2.75, 3.05) is 23.8 Å². The highest BCUT2D eigenvalue weighted by molar-refractivity contribution is 7.17. The van der Waals surface area contributed by atoms with Crippen molar-refractivity contribution < 1.29 is 4.79 Å². The van der Waals surface area contributed by atoms with Gasteiger partial charge in [-0.2, -0.15) is 0 Å². The Bertz CT molecular complexity index is 608. The lowest BCUT2D eigenvalue weighted by atomic mass is 10.1. The maximum absolute atomic E-state index is 12.4. The standard InChI is InChI=1S/C14H20N4OS2/c1-5-9(3)10-8-20-14(17-10)18(4)12(19)11-7-16-13(21-11)15-6-2/h7-9H,5-6H2,1-4H3,(H,15,16)/t9-/m1/s1. The van der Waals surface area contributed by atoms with Crippen LogP contribution in [0.4, 0.5) is 10.3 Å². The Kier molecular flexibility index (Phi) is 5.30. The maximum atomic E-state index is 12.4. The van der Waals surface area contributed by atoms with E-state index in [-0.39, 0.29) is 5.91 Å². The number of nitrogens with zero attached hydrogens (tertiary/aromatic N) is 3. The van der Waals surface area contributed by atoms with Crippen LogP contribution in [-0.2, 0) is 0 Å². The summed E-state index contributed by atoms with van der Waals surface area (Å²) in [6.07, 6.45) is 2.66. The quantitative estimate of drug-likeness (QED) is 0.877. The van der Waals surface area contributed by atoms with E-state index < -0.39 is 0 Å². The van der Waals surface area contributed by atoms with Gasteiger partial charge in [0, 0.05) is 19.0 Å². The van der Waals surface area contributed by atoms with Gasteiger partial charge in [-0.1, -0.05) is 25.2 Å². The molecule has 2 heterocycles. The van der Waals surface area contributed by atoms with Crippen LogP contribution in [0.2, 0.25) is 0 Å². The van der Waals surface area contributed by atoms with Crippen LogP contribution in [-0.4, -0.2) is 29.5 Å². The number of rotatable bonds is 6. The lowest BCUT2D eigenvalue weighted by molar-refractivity contribution is 0.0996. The van der Waals surface area contributed by atoms with E-state index in [0.29, 0.717) is 10.8 Å². The van der Waals surface area contributed by atoms with E-state index in [9.17, 15) is 4.79 Å². The third-order valence-electron chi connectivity index (χ3n) is 3.26. The molecule has 0 aromatic carbocycles. The van der Waals surface area contributed by atoms with E-state index >= 15 is 0 Å². The molecule has 1 amide bonds. The number of anilines is 2. The van der Waals surface area contributed by atoms with Gasteiger partial charge < -0.3 is 5.32 Å². The zero-order valence-corrected chi connectivity index (χ0v) is 14.3. The fourth-order valence-corrected chi connectivity index (χ4v) is 3.49. The van der Waals surface area contributed by atoms with Crippen molar-refractivity contribution in [2.45, 2.75) is 33.1 Å². The smallest absolute Gasteiger partial charge is 0.271 e. The lowest BCUT2D eigenvalue weighted by Gasteiger charge is -2.12. The average molecular weight is 324 g/mol. The minimum absolute atomic E-state index is 0.0679. The van der Waals surface area contributed by atoms with Crippen molar-refractivity contribution in [2.24, 2.45) is 0 Å². The van der Waals surface area contributed by atoms with Gasteiger partial charge in [-0.15, -0.1) is 11.3 Å². The molecule has 114 valence electrons. The van der Waals surface area contributed by atoms with Crippen LogP contribution in [0.1, 0.15) is 48.5 Å². The Morgan fingerprint density at radius 1 is 1.48 bits per heavy atom. The SMILES string of the molecule is CCNc1ncc(C(=O)N(C)c2nc([C@H](C)CC)cs2)s1. The number of aromatic nitrogens is 2. The molecule has 0 aliphatic heterocycles. The van der Waals surface area contributed by atoms with Gasteiger partial charge in [0.1, 0.15) is 4.88 Å². The van der Waals surface area contributed by atoms with E-state index in [1.807, 2.05) is 12.3 Å². The van der Waals surface area contributed by atoms with E-state index in [0.717, 1.165) is 28.9 Å². The van der Waals surface area contributed by atoms with Crippen LogP contribution in [0.15, 0.2) is 11.6 Å². The zero-order valence-electron chi connectivity index (χ0n) is 12.7. The number of hydrogen-bond acceptors (Lipinski definition) is 6. The fourth-order valence-electron chi connectivity index (χ4n) is 1.72. The summed E-state index contributed by atoms with van der Waals surface area (Å²) in [5, 5.41) is 6.65. The van der Waals surface area contributed by atoms with Crippen molar-refractivity contribution in [1.29, 1.82) is 0 Å². The van der Waals surface area contributed by atoms with Crippen LogP contribution < -0.4 is 10.2 Å². The molecule has 1 atom stereocenters. The number of carbonyl (C=O) groups is 1. The van der Waals surface area contributed by atoms with Gasteiger partial charge in [0.05, 0.1) is 11.9 Å². The highest BCUT2D eigenvalue weighted by atomic mass is 32.1. The van der Waals surface area contributed by atoms with Crippen molar-refractivity contribution in [3.63, 3.8) is 0 Å². The van der Waals surface area contributed by atoms with Gasteiger partial charge in [0.2, 0.25) is 0 Å². The summed E-state index contributed by atoms with van der Waals surface area (Å²) in [7, 11) is 1.76. The highest BCUT2D eigenvalue weighted by Gasteiger charge is 2.20. The third-order valence-corrected chi connectivity index (χ3v) is 5.14. The van der Waals surface area contributed by atoms with Crippen molar-refractivity contribution in [3.05, 3.63) is 22.1 Å². The predicted octanol–water partition coefficient (Wildman–Crippen LogP) is 3.82. The predicted molar refractivity (Wildman–Crippen MR) is 89.8 cm³/mol. The second-order valence-electron chi connectivity index (χ2n) is 4.79. The molecular weight excluding hydrogens is 304 g/mol. The zero-order chi connectivity index (χ0) is 15.4. The highest BCUT2D eigenvalue weighted by Crippen LogP contribution is 2.28. The Balaban J connectivity index is 2.12. The second kappa shape index (κ2) is 7.00. The molecule has 0 bridgehead atoms. The monoisotopic (exact) mass is 324 g/mol. The van der Waals surface area contributed by atoms with Crippen LogP contribution in [0.5, 0.6) is 0 Å². The maximum Gasteiger partial charge on any atom is 0.271 e. The van der Waals surface area contributed by atoms with Gasteiger partial charge in [-0.3, -0.25) is 9.69 Å². The molecule has 0 unspecified atom stereocenters.